The van der Waals surface area contributed by atoms with E-state index in [4.69, 9.17) is 9.72 Å². The average molecular weight is 385 g/mol. The molecule has 5 heteroatoms. The Morgan fingerprint density at radius 1 is 0.966 bits per heavy atom. The van der Waals surface area contributed by atoms with Gasteiger partial charge in [-0.05, 0) is 49.4 Å². The quantitative estimate of drug-likeness (QED) is 0.463. The summed E-state index contributed by atoms with van der Waals surface area (Å²) in [5.41, 5.74) is 2.62. The van der Waals surface area contributed by atoms with Crippen molar-refractivity contribution in [3.05, 3.63) is 90.3 Å². The molecule has 0 saturated carbocycles. The minimum Gasteiger partial charge on any atom is -0.457 e. The second-order valence-electron chi connectivity index (χ2n) is 6.87. The number of hydrogen-bond acceptors (Lipinski definition) is 3. The summed E-state index contributed by atoms with van der Waals surface area (Å²) in [5, 5.41) is 0. The van der Waals surface area contributed by atoms with Crippen LogP contribution in [0.2, 0.25) is 0 Å². The van der Waals surface area contributed by atoms with Gasteiger partial charge in [-0.15, -0.1) is 0 Å². The largest absolute Gasteiger partial charge is 0.457 e. The van der Waals surface area contributed by atoms with Gasteiger partial charge in [0.2, 0.25) is 0 Å². The molecule has 0 aliphatic heterocycles. The maximum Gasteiger partial charge on any atom is 0.254 e. The SMILES string of the molecule is CCn1c(CN(C)C(=O)c2cccc(Oc3ccccc3)c2)nc2ccccc21. The van der Waals surface area contributed by atoms with E-state index in [1.807, 2.05) is 60.7 Å². The molecule has 3 aromatic carbocycles. The number of carbonyl (C=O) groups is 1. The summed E-state index contributed by atoms with van der Waals surface area (Å²) >= 11 is 0. The zero-order valence-corrected chi connectivity index (χ0v) is 16.6. The number of nitrogens with zero attached hydrogens (tertiary/aromatic N) is 3. The van der Waals surface area contributed by atoms with E-state index in [0.717, 1.165) is 29.2 Å². The smallest absolute Gasteiger partial charge is 0.254 e. The first-order valence-electron chi connectivity index (χ1n) is 9.68. The van der Waals surface area contributed by atoms with Crippen molar-refractivity contribution in [3.63, 3.8) is 0 Å². The summed E-state index contributed by atoms with van der Waals surface area (Å²) < 4.78 is 8.00. The van der Waals surface area contributed by atoms with Gasteiger partial charge in [0.05, 0.1) is 17.6 Å². The lowest BCUT2D eigenvalue weighted by Gasteiger charge is -2.18. The van der Waals surface area contributed by atoms with E-state index < -0.39 is 0 Å². The number of benzene rings is 3. The van der Waals surface area contributed by atoms with Crippen molar-refractivity contribution in [2.75, 3.05) is 7.05 Å². The van der Waals surface area contributed by atoms with Crippen LogP contribution in [-0.4, -0.2) is 27.4 Å². The number of ether oxygens (including phenoxy) is 1. The number of para-hydroxylation sites is 3. The zero-order chi connectivity index (χ0) is 20.2. The topological polar surface area (TPSA) is 47.4 Å². The summed E-state index contributed by atoms with van der Waals surface area (Å²) in [6.45, 7) is 3.33. The summed E-state index contributed by atoms with van der Waals surface area (Å²) in [6.07, 6.45) is 0. The third-order valence-electron chi connectivity index (χ3n) is 4.84. The molecule has 0 aliphatic rings. The van der Waals surface area contributed by atoms with Crippen molar-refractivity contribution >= 4 is 16.9 Å². The molecule has 5 nitrogen and oxygen atoms in total. The van der Waals surface area contributed by atoms with Crippen LogP contribution < -0.4 is 4.74 Å². The molecule has 0 radical (unpaired) electrons. The van der Waals surface area contributed by atoms with E-state index in [9.17, 15) is 4.79 Å². The zero-order valence-electron chi connectivity index (χ0n) is 16.6. The number of fused-ring (bicyclic) bond motifs is 1. The van der Waals surface area contributed by atoms with Crippen LogP contribution in [-0.2, 0) is 13.1 Å². The van der Waals surface area contributed by atoms with Gasteiger partial charge < -0.3 is 14.2 Å². The Labute approximate surface area is 170 Å². The lowest BCUT2D eigenvalue weighted by Crippen LogP contribution is -2.27. The molecular weight excluding hydrogens is 362 g/mol. The first kappa shape index (κ1) is 18.7. The van der Waals surface area contributed by atoms with Crippen LogP contribution in [0.1, 0.15) is 23.1 Å². The van der Waals surface area contributed by atoms with Crippen LogP contribution in [0.25, 0.3) is 11.0 Å². The molecule has 0 atom stereocenters. The van der Waals surface area contributed by atoms with Crippen molar-refractivity contribution in [2.45, 2.75) is 20.0 Å². The van der Waals surface area contributed by atoms with E-state index in [2.05, 4.69) is 17.6 Å². The molecule has 4 aromatic rings. The molecule has 0 saturated heterocycles. The second-order valence-corrected chi connectivity index (χ2v) is 6.87. The van der Waals surface area contributed by atoms with Crippen molar-refractivity contribution < 1.29 is 9.53 Å². The molecule has 0 fully saturated rings. The van der Waals surface area contributed by atoms with E-state index in [1.165, 1.54) is 0 Å². The fraction of sp³-hybridized carbons (Fsp3) is 0.167. The molecule has 1 amide bonds. The summed E-state index contributed by atoms with van der Waals surface area (Å²) in [6, 6.07) is 24.8. The molecule has 0 spiro atoms. The highest BCUT2D eigenvalue weighted by molar-refractivity contribution is 5.94. The van der Waals surface area contributed by atoms with E-state index >= 15 is 0 Å². The third-order valence-corrected chi connectivity index (χ3v) is 4.84. The lowest BCUT2D eigenvalue weighted by molar-refractivity contribution is 0.0780. The van der Waals surface area contributed by atoms with Crippen LogP contribution >= 0.6 is 0 Å². The van der Waals surface area contributed by atoms with Gasteiger partial charge in [0.25, 0.3) is 5.91 Å². The highest BCUT2D eigenvalue weighted by atomic mass is 16.5. The number of carbonyl (C=O) groups excluding carboxylic acids is 1. The summed E-state index contributed by atoms with van der Waals surface area (Å²) in [7, 11) is 1.80. The van der Waals surface area contributed by atoms with Crippen LogP contribution in [0.15, 0.2) is 78.9 Å². The Hall–Kier alpha value is -3.60. The Bertz CT molecular complexity index is 1140. The third kappa shape index (κ3) is 3.99. The predicted molar refractivity (Wildman–Crippen MR) is 114 cm³/mol. The molecule has 0 unspecified atom stereocenters. The van der Waals surface area contributed by atoms with Gasteiger partial charge in [0, 0.05) is 19.2 Å². The van der Waals surface area contributed by atoms with Gasteiger partial charge in [-0.1, -0.05) is 36.4 Å². The van der Waals surface area contributed by atoms with Gasteiger partial charge >= 0.3 is 0 Å². The highest BCUT2D eigenvalue weighted by Crippen LogP contribution is 2.23. The van der Waals surface area contributed by atoms with Gasteiger partial charge in [-0.25, -0.2) is 4.98 Å². The first-order valence-corrected chi connectivity index (χ1v) is 9.68. The van der Waals surface area contributed by atoms with Gasteiger partial charge in [-0.3, -0.25) is 4.79 Å². The fourth-order valence-corrected chi connectivity index (χ4v) is 3.42. The minimum absolute atomic E-state index is 0.0711. The highest BCUT2D eigenvalue weighted by Gasteiger charge is 2.17. The molecule has 4 rings (SSSR count). The Morgan fingerprint density at radius 2 is 1.69 bits per heavy atom. The van der Waals surface area contributed by atoms with Gasteiger partial charge in [0.1, 0.15) is 17.3 Å². The normalized spacial score (nSPS) is 10.8. The van der Waals surface area contributed by atoms with E-state index in [0.29, 0.717) is 17.9 Å². The van der Waals surface area contributed by atoms with Crippen LogP contribution in [0.5, 0.6) is 11.5 Å². The Kier molecular flexibility index (Phi) is 5.29. The maximum absolute atomic E-state index is 13.0. The minimum atomic E-state index is -0.0711. The van der Waals surface area contributed by atoms with Gasteiger partial charge in [0.15, 0.2) is 0 Å². The Morgan fingerprint density at radius 3 is 2.48 bits per heavy atom. The maximum atomic E-state index is 13.0. The monoisotopic (exact) mass is 385 g/mol. The van der Waals surface area contributed by atoms with Crippen molar-refractivity contribution in [3.8, 4) is 11.5 Å². The molecule has 0 bridgehead atoms. The number of hydrogen-bond donors (Lipinski definition) is 0. The molecule has 1 heterocycles. The molecule has 29 heavy (non-hydrogen) atoms. The number of aryl methyl sites for hydroxylation is 1. The van der Waals surface area contributed by atoms with Crippen molar-refractivity contribution in [2.24, 2.45) is 0 Å². The fourth-order valence-electron chi connectivity index (χ4n) is 3.42. The van der Waals surface area contributed by atoms with Crippen LogP contribution in [0, 0.1) is 0 Å². The molecule has 0 aliphatic carbocycles. The summed E-state index contributed by atoms with van der Waals surface area (Å²) in [4.78, 5) is 19.4. The average Bonchev–Trinajstić information content (AvgIpc) is 3.11. The lowest BCUT2D eigenvalue weighted by atomic mass is 10.2. The van der Waals surface area contributed by atoms with Crippen molar-refractivity contribution in [1.29, 1.82) is 0 Å². The number of aromatic nitrogens is 2. The molecular formula is C24H23N3O2. The van der Waals surface area contributed by atoms with Gasteiger partial charge in [-0.2, -0.15) is 0 Å². The molecule has 0 N–H and O–H groups in total. The standard InChI is InChI=1S/C24H23N3O2/c1-3-27-22-15-8-7-14-21(22)25-23(27)17-26(2)24(28)18-10-9-13-20(16-18)29-19-11-5-4-6-12-19/h4-16H,3,17H2,1-2H3. The summed E-state index contributed by atoms with van der Waals surface area (Å²) in [5.74, 6) is 2.18. The number of rotatable bonds is 6. The second kappa shape index (κ2) is 8.19. The van der Waals surface area contributed by atoms with Crippen molar-refractivity contribution in [1.82, 2.24) is 14.5 Å². The Balaban J connectivity index is 1.53. The first-order chi connectivity index (χ1) is 14.2. The molecule has 146 valence electrons. The van der Waals surface area contributed by atoms with Crippen LogP contribution in [0.3, 0.4) is 0 Å². The van der Waals surface area contributed by atoms with Crippen LogP contribution in [0.4, 0.5) is 0 Å². The van der Waals surface area contributed by atoms with E-state index in [-0.39, 0.29) is 5.91 Å². The number of amides is 1. The van der Waals surface area contributed by atoms with E-state index in [1.54, 1.807) is 24.1 Å². The molecule has 1 aromatic heterocycles. The predicted octanol–water partition coefficient (Wildman–Crippen LogP) is 5.12. The number of imidazole rings is 1.